The number of carbonyl (C=O) groups excluding carboxylic acids is 1. The van der Waals surface area contributed by atoms with Crippen molar-refractivity contribution in [2.24, 2.45) is 0 Å². The minimum atomic E-state index is -0.578. The Balaban J connectivity index is 1.72. The third-order valence-electron chi connectivity index (χ3n) is 2.74. The second kappa shape index (κ2) is 7.92. The summed E-state index contributed by atoms with van der Waals surface area (Å²) >= 11 is 11.7. The molecule has 0 bridgehead atoms. The highest BCUT2D eigenvalue weighted by molar-refractivity contribution is 6.42. The first-order chi connectivity index (χ1) is 10.5. The molecule has 0 aromatic heterocycles. The zero-order valence-corrected chi connectivity index (χ0v) is 13.4. The van der Waals surface area contributed by atoms with E-state index in [0.717, 1.165) is 11.3 Å². The van der Waals surface area contributed by atoms with Crippen molar-refractivity contribution in [3.63, 3.8) is 0 Å². The van der Waals surface area contributed by atoms with Crippen LogP contribution in [0.1, 0.15) is 5.56 Å². The molecule has 2 aromatic carbocycles. The lowest BCUT2D eigenvalue weighted by molar-refractivity contribution is 0.138. The van der Waals surface area contributed by atoms with Crippen LogP contribution in [0.5, 0.6) is 5.75 Å². The first-order valence-electron chi connectivity index (χ1n) is 6.63. The van der Waals surface area contributed by atoms with Crippen LogP contribution in [0, 0.1) is 6.92 Å². The Morgan fingerprint density at radius 2 is 1.91 bits per heavy atom. The van der Waals surface area contributed by atoms with E-state index in [9.17, 15) is 4.79 Å². The number of hydrogen-bond acceptors (Lipinski definition) is 3. The molecule has 0 fully saturated rings. The summed E-state index contributed by atoms with van der Waals surface area (Å²) in [6, 6.07) is 12.4. The quantitative estimate of drug-likeness (QED) is 0.785. The Morgan fingerprint density at radius 3 is 2.64 bits per heavy atom. The monoisotopic (exact) mass is 339 g/mol. The zero-order chi connectivity index (χ0) is 15.9. The number of halogens is 2. The molecule has 0 atom stereocenters. The number of ether oxygens (including phenoxy) is 2. The minimum Gasteiger partial charge on any atom is -0.490 e. The standard InChI is InChI=1S/C16H15Cl2NO3/c1-11-3-2-4-13(9-11)21-7-8-22-16(20)19-12-5-6-14(17)15(18)10-12/h2-6,9-10H,7-8H2,1H3,(H,19,20). The second-order valence-electron chi connectivity index (χ2n) is 4.55. The number of aryl methyl sites for hydroxylation is 1. The summed E-state index contributed by atoms with van der Waals surface area (Å²) in [7, 11) is 0. The fraction of sp³-hybridized carbons (Fsp3) is 0.188. The molecular formula is C16H15Cl2NO3. The summed E-state index contributed by atoms with van der Waals surface area (Å²) in [6.45, 7) is 2.40. The van der Waals surface area contributed by atoms with Gasteiger partial charge in [0.25, 0.3) is 0 Å². The van der Waals surface area contributed by atoms with E-state index in [4.69, 9.17) is 32.7 Å². The van der Waals surface area contributed by atoms with E-state index >= 15 is 0 Å². The minimum absolute atomic E-state index is 0.140. The van der Waals surface area contributed by atoms with Crippen LogP contribution in [-0.2, 0) is 4.74 Å². The molecule has 0 heterocycles. The average Bonchev–Trinajstić information content (AvgIpc) is 2.48. The van der Waals surface area contributed by atoms with Gasteiger partial charge in [0.05, 0.1) is 10.0 Å². The molecule has 0 unspecified atom stereocenters. The molecule has 1 N–H and O–H groups in total. The number of nitrogens with one attached hydrogen (secondary N) is 1. The summed E-state index contributed by atoms with van der Waals surface area (Å²) in [5.74, 6) is 0.744. The van der Waals surface area contributed by atoms with Crippen LogP contribution in [0.25, 0.3) is 0 Å². The van der Waals surface area contributed by atoms with E-state index in [1.54, 1.807) is 18.2 Å². The van der Waals surface area contributed by atoms with Crippen LogP contribution in [0.3, 0.4) is 0 Å². The van der Waals surface area contributed by atoms with Gasteiger partial charge >= 0.3 is 6.09 Å². The Kier molecular flexibility index (Phi) is 5.92. The Morgan fingerprint density at radius 1 is 1.09 bits per heavy atom. The zero-order valence-electron chi connectivity index (χ0n) is 11.9. The van der Waals surface area contributed by atoms with Crippen molar-refractivity contribution in [1.82, 2.24) is 0 Å². The van der Waals surface area contributed by atoms with E-state index in [2.05, 4.69) is 5.32 Å². The van der Waals surface area contributed by atoms with Crippen LogP contribution in [0.2, 0.25) is 10.0 Å². The van der Waals surface area contributed by atoms with Crippen molar-refractivity contribution < 1.29 is 14.3 Å². The molecule has 22 heavy (non-hydrogen) atoms. The molecule has 0 aliphatic rings. The predicted molar refractivity (Wildman–Crippen MR) is 88.1 cm³/mol. The van der Waals surface area contributed by atoms with Crippen LogP contribution < -0.4 is 10.1 Å². The van der Waals surface area contributed by atoms with Crippen molar-refractivity contribution in [3.05, 3.63) is 58.1 Å². The fourth-order valence-electron chi connectivity index (χ4n) is 1.73. The number of benzene rings is 2. The van der Waals surface area contributed by atoms with Gasteiger partial charge in [-0.3, -0.25) is 5.32 Å². The number of hydrogen-bond donors (Lipinski definition) is 1. The molecule has 116 valence electrons. The molecule has 2 rings (SSSR count). The summed E-state index contributed by atoms with van der Waals surface area (Å²) < 4.78 is 10.5. The van der Waals surface area contributed by atoms with E-state index in [-0.39, 0.29) is 13.2 Å². The maximum atomic E-state index is 11.6. The maximum absolute atomic E-state index is 11.6. The van der Waals surface area contributed by atoms with Crippen LogP contribution in [0.15, 0.2) is 42.5 Å². The normalized spacial score (nSPS) is 10.1. The molecule has 0 spiro atoms. The van der Waals surface area contributed by atoms with Crippen molar-refractivity contribution >= 4 is 35.0 Å². The van der Waals surface area contributed by atoms with Gasteiger partial charge in [-0.2, -0.15) is 0 Å². The number of carbonyl (C=O) groups is 1. The first kappa shape index (κ1) is 16.5. The molecule has 0 aliphatic carbocycles. The third-order valence-corrected chi connectivity index (χ3v) is 3.48. The van der Waals surface area contributed by atoms with Crippen molar-refractivity contribution in [3.8, 4) is 5.75 Å². The van der Waals surface area contributed by atoms with Gasteiger partial charge in [-0.1, -0.05) is 35.3 Å². The molecule has 1 amide bonds. The highest BCUT2D eigenvalue weighted by Crippen LogP contribution is 2.25. The van der Waals surface area contributed by atoms with E-state index < -0.39 is 6.09 Å². The highest BCUT2D eigenvalue weighted by atomic mass is 35.5. The summed E-state index contributed by atoms with van der Waals surface area (Å²) in [4.78, 5) is 11.6. The molecule has 0 saturated heterocycles. The van der Waals surface area contributed by atoms with Gasteiger partial charge in [-0.25, -0.2) is 4.79 Å². The van der Waals surface area contributed by atoms with Crippen LogP contribution in [0.4, 0.5) is 10.5 Å². The lowest BCUT2D eigenvalue weighted by atomic mass is 10.2. The Bertz CT molecular complexity index is 662. The molecule has 2 aromatic rings. The Hall–Kier alpha value is -1.91. The van der Waals surface area contributed by atoms with E-state index in [1.165, 1.54) is 0 Å². The average molecular weight is 340 g/mol. The molecule has 0 saturated carbocycles. The van der Waals surface area contributed by atoms with Gasteiger partial charge in [-0.05, 0) is 42.8 Å². The maximum Gasteiger partial charge on any atom is 0.411 e. The molecule has 0 aliphatic heterocycles. The summed E-state index contributed by atoms with van der Waals surface area (Å²) in [5, 5.41) is 3.34. The third kappa shape index (κ3) is 5.13. The molecule has 0 radical (unpaired) electrons. The van der Waals surface area contributed by atoms with Crippen LogP contribution >= 0.6 is 23.2 Å². The number of anilines is 1. The van der Waals surface area contributed by atoms with E-state index in [0.29, 0.717) is 15.7 Å². The summed E-state index contributed by atoms with van der Waals surface area (Å²) in [6.07, 6.45) is -0.578. The van der Waals surface area contributed by atoms with Gasteiger partial charge in [-0.15, -0.1) is 0 Å². The number of amides is 1. The fourth-order valence-corrected chi connectivity index (χ4v) is 2.02. The molecular weight excluding hydrogens is 325 g/mol. The molecule has 4 nitrogen and oxygen atoms in total. The lowest BCUT2D eigenvalue weighted by Crippen LogP contribution is -2.17. The summed E-state index contributed by atoms with van der Waals surface area (Å²) in [5.41, 5.74) is 1.62. The van der Waals surface area contributed by atoms with Gasteiger partial charge in [0.2, 0.25) is 0 Å². The number of rotatable bonds is 5. The van der Waals surface area contributed by atoms with Gasteiger partial charge in [0, 0.05) is 5.69 Å². The van der Waals surface area contributed by atoms with Gasteiger partial charge < -0.3 is 9.47 Å². The second-order valence-corrected chi connectivity index (χ2v) is 5.37. The first-order valence-corrected chi connectivity index (χ1v) is 7.38. The highest BCUT2D eigenvalue weighted by Gasteiger charge is 2.05. The van der Waals surface area contributed by atoms with Crippen molar-refractivity contribution in [1.29, 1.82) is 0 Å². The largest absolute Gasteiger partial charge is 0.490 e. The predicted octanol–water partition coefficient (Wildman–Crippen LogP) is 4.93. The Labute approximate surface area is 138 Å². The SMILES string of the molecule is Cc1cccc(OCCOC(=O)Nc2ccc(Cl)c(Cl)c2)c1. The van der Waals surface area contributed by atoms with Crippen molar-refractivity contribution in [2.75, 3.05) is 18.5 Å². The van der Waals surface area contributed by atoms with Gasteiger partial charge in [0.15, 0.2) is 0 Å². The topological polar surface area (TPSA) is 47.6 Å². The van der Waals surface area contributed by atoms with Crippen molar-refractivity contribution in [2.45, 2.75) is 6.92 Å². The van der Waals surface area contributed by atoms with E-state index in [1.807, 2.05) is 31.2 Å². The molecule has 6 heteroatoms. The van der Waals surface area contributed by atoms with Crippen LogP contribution in [-0.4, -0.2) is 19.3 Å². The lowest BCUT2D eigenvalue weighted by Gasteiger charge is -2.09. The smallest absolute Gasteiger partial charge is 0.411 e. The van der Waals surface area contributed by atoms with Gasteiger partial charge in [0.1, 0.15) is 19.0 Å².